The summed E-state index contributed by atoms with van der Waals surface area (Å²) in [5, 5.41) is 12.9. The van der Waals surface area contributed by atoms with Gasteiger partial charge in [-0.3, -0.25) is 9.69 Å². The van der Waals surface area contributed by atoms with Crippen molar-refractivity contribution in [3.05, 3.63) is 83.4 Å². The molecule has 0 spiro atoms. The van der Waals surface area contributed by atoms with E-state index in [9.17, 15) is 18.5 Å². The number of methoxy groups -OCH3 is 1. The van der Waals surface area contributed by atoms with Gasteiger partial charge in [-0.05, 0) is 75.3 Å². The number of fused-ring (bicyclic) bond motifs is 1. The van der Waals surface area contributed by atoms with E-state index in [0.717, 1.165) is 43.3 Å². The molecule has 6 rings (SSSR count). The smallest absolute Gasteiger partial charge is 0.318 e. The van der Waals surface area contributed by atoms with Gasteiger partial charge in [-0.15, -0.1) is 0 Å². The highest BCUT2D eigenvalue weighted by Crippen LogP contribution is 2.49. The second-order valence-electron chi connectivity index (χ2n) is 12.3. The Morgan fingerprint density at radius 3 is 2.31 bits per heavy atom. The molecule has 1 atom stereocenters. The Balaban J connectivity index is 1.43. The van der Waals surface area contributed by atoms with Crippen molar-refractivity contribution >= 4 is 27.6 Å². The number of nitrogens with one attached hydrogen (secondary N) is 1. The second-order valence-corrected chi connectivity index (χ2v) is 14.0. The highest BCUT2D eigenvalue weighted by molar-refractivity contribution is 7.93. The highest BCUT2D eigenvalue weighted by atomic mass is 32.2. The minimum atomic E-state index is -4.50. The number of rotatable bonds is 8. The van der Waals surface area contributed by atoms with Crippen molar-refractivity contribution in [2.75, 3.05) is 64.3 Å². The van der Waals surface area contributed by atoms with Crippen molar-refractivity contribution in [2.24, 2.45) is 0 Å². The second kappa shape index (κ2) is 13.5. The number of urea groups is 1. The molecule has 3 aromatic carbocycles. The van der Waals surface area contributed by atoms with Crippen LogP contribution in [0.2, 0.25) is 0 Å². The Kier molecular flexibility index (Phi) is 9.33. The Morgan fingerprint density at radius 1 is 0.979 bits per heavy atom. The van der Waals surface area contributed by atoms with Crippen LogP contribution >= 0.6 is 0 Å². The molecule has 0 bridgehead atoms. The predicted octanol–water partition coefficient (Wildman–Crippen LogP) is 3.37. The summed E-state index contributed by atoms with van der Waals surface area (Å²) in [5.41, 5.74) is -1.36. The van der Waals surface area contributed by atoms with Crippen molar-refractivity contribution < 1.29 is 27.5 Å². The van der Waals surface area contributed by atoms with Crippen molar-refractivity contribution in [1.29, 1.82) is 5.26 Å². The van der Waals surface area contributed by atoms with Crippen LogP contribution in [0.1, 0.15) is 36.5 Å². The zero-order valence-corrected chi connectivity index (χ0v) is 28.2. The van der Waals surface area contributed by atoms with Gasteiger partial charge in [0.25, 0.3) is 15.9 Å². The summed E-state index contributed by atoms with van der Waals surface area (Å²) in [6.07, 6.45) is 1.56. The number of amides is 3. The molecular formula is C35H40N6O6S. The quantitative estimate of drug-likeness (QED) is 0.382. The minimum Gasteiger partial charge on any atom is -0.497 e. The molecule has 252 valence electrons. The first-order valence-corrected chi connectivity index (χ1v) is 17.6. The zero-order chi connectivity index (χ0) is 34.1. The monoisotopic (exact) mass is 672 g/mol. The van der Waals surface area contributed by atoms with E-state index in [4.69, 9.17) is 9.47 Å². The normalized spacial score (nSPS) is 20.7. The van der Waals surface area contributed by atoms with E-state index >= 15 is 4.79 Å². The van der Waals surface area contributed by atoms with Crippen molar-refractivity contribution in [1.82, 2.24) is 20.0 Å². The third kappa shape index (κ3) is 5.85. The number of piperazine rings is 1. The summed E-state index contributed by atoms with van der Waals surface area (Å²) in [6.45, 7) is 6.97. The van der Waals surface area contributed by atoms with Gasteiger partial charge in [0.15, 0.2) is 5.54 Å². The minimum absolute atomic E-state index is 0.0372. The molecule has 0 aromatic heterocycles. The van der Waals surface area contributed by atoms with Crippen LogP contribution in [0.5, 0.6) is 11.5 Å². The number of benzene rings is 3. The third-order valence-electron chi connectivity index (χ3n) is 9.54. The van der Waals surface area contributed by atoms with Gasteiger partial charge in [-0.2, -0.15) is 9.57 Å². The van der Waals surface area contributed by atoms with Gasteiger partial charge in [0.05, 0.1) is 35.9 Å². The number of carbonyl (C=O) groups is 2. The number of piperidine rings is 1. The Hall–Kier alpha value is -4.64. The van der Waals surface area contributed by atoms with Crippen LogP contribution in [0.4, 0.5) is 10.5 Å². The first kappa shape index (κ1) is 33.3. The molecule has 1 unspecified atom stereocenters. The van der Waals surface area contributed by atoms with Gasteiger partial charge in [0, 0.05) is 56.4 Å². The van der Waals surface area contributed by atoms with Crippen LogP contribution in [-0.4, -0.2) is 101 Å². The number of para-hydroxylation sites is 1. The SMILES string of the molecule is CCOc1ccccc1C1(NC(=O)N2CCC(N3CCN(C)CC3)CC2)C(=O)N(S(=O)(=O)c2ccc(OC)cc2)c2ccc(C#N)cc21. The Bertz CT molecular complexity index is 1830. The molecule has 3 aromatic rings. The standard InChI is InChI=1S/C35H40N6O6S/c1-4-47-32-8-6-5-7-29(32)35(37-34(43)40-17-15-26(16-18-40)39-21-19-38(2)20-22-39)30-23-25(24-36)9-14-31(30)41(33(35)42)48(44,45)28-12-10-27(46-3)11-13-28/h5-14,23,26H,4,15-22H2,1-3H3,(H,37,43). The first-order valence-electron chi connectivity index (χ1n) is 16.1. The molecule has 2 fully saturated rings. The predicted molar refractivity (Wildman–Crippen MR) is 179 cm³/mol. The van der Waals surface area contributed by atoms with E-state index in [1.165, 1.54) is 49.6 Å². The van der Waals surface area contributed by atoms with Gasteiger partial charge in [-0.1, -0.05) is 18.2 Å². The summed E-state index contributed by atoms with van der Waals surface area (Å²) in [7, 11) is -0.913. The van der Waals surface area contributed by atoms with Crippen LogP contribution in [-0.2, 0) is 20.4 Å². The molecular weight excluding hydrogens is 632 g/mol. The molecule has 3 heterocycles. The van der Waals surface area contributed by atoms with Gasteiger partial charge in [0.2, 0.25) is 0 Å². The lowest BCUT2D eigenvalue weighted by Crippen LogP contribution is -2.59. The molecule has 48 heavy (non-hydrogen) atoms. The molecule has 3 aliphatic heterocycles. The molecule has 0 radical (unpaired) electrons. The van der Waals surface area contributed by atoms with Gasteiger partial charge >= 0.3 is 6.03 Å². The number of nitriles is 1. The highest BCUT2D eigenvalue weighted by Gasteiger charge is 2.58. The molecule has 3 amide bonds. The summed E-state index contributed by atoms with van der Waals surface area (Å²) in [6, 6.07) is 18.8. The van der Waals surface area contributed by atoms with Gasteiger partial charge in [-0.25, -0.2) is 13.2 Å². The Morgan fingerprint density at radius 2 is 1.67 bits per heavy atom. The Labute approximate surface area is 281 Å². The fraction of sp³-hybridized carbons (Fsp3) is 0.400. The van der Waals surface area contributed by atoms with E-state index < -0.39 is 27.5 Å². The topological polar surface area (TPSA) is 136 Å². The number of ether oxygens (including phenoxy) is 2. The summed E-state index contributed by atoms with van der Waals surface area (Å²) < 4.78 is 40.6. The van der Waals surface area contributed by atoms with Crippen LogP contribution < -0.4 is 19.1 Å². The number of likely N-dealkylation sites (tertiary alicyclic amines) is 1. The number of sulfonamides is 1. The first-order chi connectivity index (χ1) is 23.1. The molecule has 12 nitrogen and oxygen atoms in total. The summed E-state index contributed by atoms with van der Waals surface area (Å²) in [4.78, 5) is 35.6. The van der Waals surface area contributed by atoms with Gasteiger partial charge in [0.1, 0.15) is 11.5 Å². The van der Waals surface area contributed by atoms with E-state index in [1.54, 1.807) is 36.1 Å². The lowest BCUT2D eigenvalue weighted by Gasteiger charge is -2.42. The zero-order valence-electron chi connectivity index (χ0n) is 27.4. The number of hydrogen-bond donors (Lipinski definition) is 1. The van der Waals surface area contributed by atoms with Crippen LogP contribution in [0.25, 0.3) is 0 Å². The average molecular weight is 673 g/mol. The van der Waals surface area contributed by atoms with Crippen LogP contribution in [0, 0.1) is 11.3 Å². The van der Waals surface area contributed by atoms with Crippen molar-refractivity contribution in [2.45, 2.75) is 36.2 Å². The van der Waals surface area contributed by atoms with Gasteiger partial charge < -0.3 is 24.6 Å². The fourth-order valence-electron chi connectivity index (χ4n) is 6.92. The molecule has 1 N–H and O–H groups in total. The maximum atomic E-state index is 15.0. The van der Waals surface area contributed by atoms with E-state index in [0.29, 0.717) is 30.6 Å². The lowest BCUT2D eigenvalue weighted by atomic mass is 9.82. The maximum Gasteiger partial charge on any atom is 0.318 e. The van der Waals surface area contributed by atoms with E-state index in [1.807, 2.05) is 0 Å². The molecule has 3 aliphatic rings. The van der Waals surface area contributed by atoms with Crippen LogP contribution in [0.3, 0.4) is 0 Å². The third-order valence-corrected chi connectivity index (χ3v) is 11.3. The number of hydrogen-bond acceptors (Lipinski definition) is 9. The molecule has 13 heteroatoms. The molecule has 2 saturated heterocycles. The largest absolute Gasteiger partial charge is 0.497 e. The lowest BCUT2D eigenvalue weighted by molar-refractivity contribution is -0.121. The van der Waals surface area contributed by atoms with Crippen molar-refractivity contribution in [3.63, 3.8) is 0 Å². The number of likely N-dealkylation sites (N-methyl/N-ethyl adjacent to an activating group) is 1. The maximum absolute atomic E-state index is 15.0. The summed E-state index contributed by atoms with van der Waals surface area (Å²) >= 11 is 0. The molecule has 0 aliphatic carbocycles. The van der Waals surface area contributed by atoms with Crippen LogP contribution in [0.15, 0.2) is 71.6 Å². The van der Waals surface area contributed by atoms with E-state index in [2.05, 4.69) is 28.2 Å². The van der Waals surface area contributed by atoms with Crippen molar-refractivity contribution in [3.8, 4) is 17.6 Å². The average Bonchev–Trinajstić information content (AvgIpc) is 3.36. The van der Waals surface area contributed by atoms with E-state index in [-0.39, 0.29) is 33.9 Å². The fourth-order valence-corrected chi connectivity index (χ4v) is 8.38. The number of anilines is 1. The number of carbonyl (C=O) groups excluding carboxylic acids is 2. The molecule has 0 saturated carbocycles. The summed E-state index contributed by atoms with van der Waals surface area (Å²) in [5.74, 6) is -0.153. The number of nitrogens with zero attached hydrogens (tertiary/aromatic N) is 5.